The van der Waals surface area contributed by atoms with Gasteiger partial charge in [-0.25, -0.2) is 17.1 Å². The van der Waals surface area contributed by atoms with Gasteiger partial charge in [0.25, 0.3) is 0 Å². The Morgan fingerprint density at radius 2 is 1.66 bits per heavy atom. The number of thioether (sulfide) groups is 1. The maximum atomic E-state index is 13.4. The molecular weight excluding hydrogens is 447 g/mol. The lowest BCUT2D eigenvalue weighted by molar-refractivity contribution is 0.520. The van der Waals surface area contributed by atoms with E-state index >= 15 is 0 Å². The van der Waals surface area contributed by atoms with E-state index in [4.69, 9.17) is 0 Å². The van der Waals surface area contributed by atoms with Gasteiger partial charge in [0.1, 0.15) is 5.82 Å². The van der Waals surface area contributed by atoms with Gasteiger partial charge in [-0.1, -0.05) is 42.1 Å². The van der Waals surface area contributed by atoms with E-state index in [1.807, 2.05) is 41.0 Å². The third kappa shape index (κ3) is 4.59. The molecule has 0 spiro atoms. The molecule has 0 amide bonds. The van der Waals surface area contributed by atoms with E-state index in [0.717, 1.165) is 16.8 Å². The fraction of sp³-hybridized carbons (Fsp3) is 0.130. The summed E-state index contributed by atoms with van der Waals surface area (Å²) in [7, 11) is -0.489. The molecule has 0 radical (unpaired) electrons. The van der Waals surface area contributed by atoms with Crippen LogP contribution in [0.3, 0.4) is 0 Å². The third-order valence-electron chi connectivity index (χ3n) is 4.80. The number of aromatic nitrogens is 3. The van der Waals surface area contributed by atoms with Crippen molar-refractivity contribution in [1.29, 1.82) is 0 Å². The van der Waals surface area contributed by atoms with Crippen molar-refractivity contribution in [1.82, 2.24) is 19.1 Å². The highest BCUT2D eigenvalue weighted by Crippen LogP contribution is 2.30. The van der Waals surface area contributed by atoms with Gasteiger partial charge in [0.2, 0.25) is 10.0 Å². The Bertz CT molecular complexity index is 1320. The molecule has 0 aliphatic rings. The molecule has 0 N–H and O–H groups in total. The van der Waals surface area contributed by atoms with Crippen LogP contribution in [0.1, 0.15) is 5.56 Å². The fourth-order valence-electron chi connectivity index (χ4n) is 3.11. The lowest BCUT2D eigenvalue weighted by Crippen LogP contribution is -2.22. The highest BCUT2D eigenvalue weighted by Gasteiger charge is 2.19. The largest absolute Gasteiger partial charge is 0.270 e. The van der Waals surface area contributed by atoms with Crippen molar-refractivity contribution in [3.05, 3.63) is 90.2 Å². The van der Waals surface area contributed by atoms with Crippen molar-refractivity contribution in [3.8, 4) is 17.1 Å². The van der Waals surface area contributed by atoms with Crippen LogP contribution in [0.15, 0.2) is 88.9 Å². The summed E-state index contributed by atoms with van der Waals surface area (Å²) in [5.41, 5.74) is 2.47. The summed E-state index contributed by atoms with van der Waals surface area (Å²) >= 11 is 1.45. The second-order valence-corrected chi connectivity index (χ2v) is 10.3. The molecule has 0 atom stereocenters. The van der Waals surface area contributed by atoms with E-state index in [-0.39, 0.29) is 10.7 Å². The molecule has 0 saturated heterocycles. The molecule has 4 rings (SSSR count). The van der Waals surface area contributed by atoms with Gasteiger partial charge in [0.05, 0.1) is 4.90 Å². The lowest BCUT2D eigenvalue weighted by atomic mass is 10.2. The van der Waals surface area contributed by atoms with Crippen molar-refractivity contribution >= 4 is 21.8 Å². The van der Waals surface area contributed by atoms with Gasteiger partial charge < -0.3 is 0 Å². The van der Waals surface area contributed by atoms with Gasteiger partial charge in [0, 0.05) is 31.1 Å². The van der Waals surface area contributed by atoms with E-state index in [9.17, 15) is 12.8 Å². The topological polar surface area (TPSA) is 68.1 Å². The Morgan fingerprint density at radius 1 is 0.938 bits per heavy atom. The molecule has 1 aromatic heterocycles. The maximum absolute atomic E-state index is 13.4. The molecule has 164 valence electrons. The second kappa shape index (κ2) is 9.23. The first kappa shape index (κ1) is 22.2. The van der Waals surface area contributed by atoms with E-state index in [0.29, 0.717) is 16.7 Å². The van der Waals surface area contributed by atoms with Gasteiger partial charge in [-0.3, -0.25) is 4.57 Å². The molecule has 32 heavy (non-hydrogen) atoms. The quantitative estimate of drug-likeness (QED) is 0.371. The molecule has 0 bridgehead atoms. The molecule has 0 aliphatic carbocycles. The fourth-order valence-corrected chi connectivity index (χ4v) is 4.98. The minimum absolute atomic E-state index is 0.247. The predicted octanol–water partition coefficient (Wildman–Crippen LogP) is 4.62. The number of hydrogen-bond donors (Lipinski definition) is 0. The molecule has 0 saturated carbocycles. The van der Waals surface area contributed by atoms with Gasteiger partial charge in [-0.05, 0) is 54.1 Å². The van der Waals surface area contributed by atoms with E-state index in [1.165, 1.54) is 42.3 Å². The van der Waals surface area contributed by atoms with Crippen LogP contribution < -0.4 is 0 Å². The van der Waals surface area contributed by atoms with Crippen LogP contribution in [0, 0.1) is 5.82 Å². The Kier molecular flexibility index (Phi) is 6.40. The number of hydrogen-bond acceptors (Lipinski definition) is 5. The standard InChI is InChI=1S/C23H21FN4O2S2/c1-27(2)32(29,30)21-10-6-7-17(15-21)16-31-23-26-25-22(18-11-13-19(24)14-12-18)28(23)20-8-4-3-5-9-20/h3-15H,16H2,1-2H3. The van der Waals surface area contributed by atoms with Crippen LogP contribution in [0.25, 0.3) is 17.1 Å². The Labute approximate surface area is 190 Å². The highest BCUT2D eigenvalue weighted by molar-refractivity contribution is 7.98. The summed E-state index contributed by atoms with van der Waals surface area (Å²) in [6.07, 6.45) is 0. The number of sulfonamides is 1. The van der Waals surface area contributed by atoms with Crippen LogP contribution in [-0.4, -0.2) is 41.6 Å². The first-order valence-corrected chi connectivity index (χ1v) is 12.2. The summed E-state index contributed by atoms with van der Waals surface area (Å²) in [4.78, 5) is 0.247. The molecule has 1 heterocycles. The third-order valence-corrected chi connectivity index (χ3v) is 7.61. The van der Waals surface area contributed by atoms with Gasteiger partial charge in [-0.15, -0.1) is 10.2 Å². The Hall–Kier alpha value is -3.01. The zero-order valence-electron chi connectivity index (χ0n) is 17.5. The molecule has 0 aliphatic heterocycles. The van der Waals surface area contributed by atoms with Gasteiger partial charge >= 0.3 is 0 Å². The molecule has 0 fully saturated rings. The average Bonchev–Trinajstić information content (AvgIpc) is 3.23. The lowest BCUT2D eigenvalue weighted by Gasteiger charge is -2.13. The molecule has 4 aromatic rings. The normalized spacial score (nSPS) is 11.8. The van der Waals surface area contributed by atoms with E-state index in [2.05, 4.69) is 10.2 Å². The van der Waals surface area contributed by atoms with Crippen LogP contribution in [0.2, 0.25) is 0 Å². The number of para-hydroxylation sites is 1. The number of rotatable bonds is 7. The van der Waals surface area contributed by atoms with Crippen LogP contribution in [-0.2, 0) is 15.8 Å². The zero-order valence-corrected chi connectivity index (χ0v) is 19.1. The average molecular weight is 469 g/mol. The number of benzene rings is 3. The second-order valence-electron chi connectivity index (χ2n) is 7.21. The first-order chi connectivity index (χ1) is 15.4. The van der Waals surface area contributed by atoms with Crippen molar-refractivity contribution in [2.45, 2.75) is 15.8 Å². The summed E-state index contributed by atoms with van der Waals surface area (Å²) in [5, 5.41) is 9.36. The van der Waals surface area contributed by atoms with Crippen LogP contribution >= 0.6 is 11.8 Å². The molecule has 6 nitrogen and oxygen atoms in total. The van der Waals surface area contributed by atoms with E-state index in [1.54, 1.807) is 30.3 Å². The first-order valence-electron chi connectivity index (χ1n) is 9.77. The number of halogens is 1. The highest BCUT2D eigenvalue weighted by atomic mass is 32.2. The minimum atomic E-state index is -3.51. The smallest absolute Gasteiger partial charge is 0.242 e. The molecule has 9 heteroatoms. The zero-order chi connectivity index (χ0) is 22.7. The van der Waals surface area contributed by atoms with Crippen molar-refractivity contribution in [2.24, 2.45) is 0 Å². The maximum Gasteiger partial charge on any atom is 0.242 e. The van der Waals surface area contributed by atoms with E-state index < -0.39 is 10.0 Å². The molecule has 3 aromatic carbocycles. The van der Waals surface area contributed by atoms with Crippen molar-refractivity contribution in [2.75, 3.05) is 14.1 Å². The summed E-state index contributed by atoms with van der Waals surface area (Å²) < 4.78 is 41.4. The summed E-state index contributed by atoms with van der Waals surface area (Å²) in [6, 6.07) is 22.7. The van der Waals surface area contributed by atoms with Crippen molar-refractivity contribution < 1.29 is 12.8 Å². The molecular formula is C23H21FN4O2S2. The summed E-state index contributed by atoms with van der Waals surface area (Å²) in [5.74, 6) is 0.787. The van der Waals surface area contributed by atoms with Crippen LogP contribution in [0.4, 0.5) is 4.39 Å². The summed E-state index contributed by atoms with van der Waals surface area (Å²) in [6.45, 7) is 0. The Morgan fingerprint density at radius 3 is 2.34 bits per heavy atom. The SMILES string of the molecule is CN(C)S(=O)(=O)c1cccc(CSc2nnc(-c3ccc(F)cc3)n2-c2ccccc2)c1. The molecule has 0 unspecified atom stereocenters. The van der Waals surface area contributed by atoms with Gasteiger partial charge in [0.15, 0.2) is 11.0 Å². The number of nitrogens with zero attached hydrogens (tertiary/aromatic N) is 4. The van der Waals surface area contributed by atoms with Crippen molar-refractivity contribution in [3.63, 3.8) is 0 Å². The predicted molar refractivity (Wildman–Crippen MR) is 124 cm³/mol. The Balaban J connectivity index is 1.67. The van der Waals surface area contributed by atoms with Gasteiger partial charge in [-0.2, -0.15) is 0 Å². The van der Waals surface area contributed by atoms with Crippen LogP contribution in [0.5, 0.6) is 0 Å². The minimum Gasteiger partial charge on any atom is -0.270 e. The monoisotopic (exact) mass is 468 g/mol.